The predicted molar refractivity (Wildman–Crippen MR) is 121 cm³/mol. The number of morpholine rings is 1. The molecular weight excluding hydrogens is 508 g/mol. The van der Waals surface area contributed by atoms with E-state index in [-0.39, 0.29) is 36.7 Å². The topological polar surface area (TPSA) is 79.9 Å². The summed E-state index contributed by atoms with van der Waals surface area (Å²) in [6, 6.07) is 9.10. The third-order valence-electron chi connectivity index (χ3n) is 5.54. The number of amides is 2. The van der Waals surface area contributed by atoms with Gasteiger partial charge in [0.1, 0.15) is 5.75 Å². The van der Waals surface area contributed by atoms with E-state index in [4.69, 9.17) is 4.74 Å². The van der Waals surface area contributed by atoms with E-state index < -0.39 is 29.9 Å². The summed E-state index contributed by atoms with van der Waals surface area (Å²) in [7, 11) is 0. The van der Waals surface area contributed by atoms with Crippen LogP contribution in [0.2, 0.25) is 0 Å². The number of nitrogens with one attached hydrogen (secondary N) is 2. The molecule has 0 unspecified atom stereocenters. The first-order chi connectivity index (χ1) is 17.4. The van der Waals surface area contributed by atoms with Crippen LogP contribution >= 0.6 is 0 Å². The van der Waals surface area contributed by atoms with Gasteiger partial charge in [-0.3, -0.25) is 9.59 Å². The number of halogens is 6. The second kappa shape index (κ2) is 12.2. The number of rotatable bonds is 9. The zero-order valence-corrected chi connectivity index (χ0v) is 19.5. The standard InChI is InChI=1S/C24H25F6N3O4/c25-23(26,27)17-3-1-16(2-4-17)20(15-21(34)33-11-13-36-14-12-33)22(35)32-10-9-31-18-5-7-19(8-6-18)37-24(28,29)30/h1-8,20,31H,9-15H2,(H,32,35)/t20-/m0/s1. The molecule has 1 aliphatic rings. The molecular formula is C24H25F6N3O4. The average molecular weight is 533 g/mol. The normalized spacial score (nSPS) is 15.1. The molecule has 1 aliphatic heterocycles. The van der Waals surface area contributed by atoms with Crippen molar-refractivity contribution in [2.45, 2.75) is 24.9 Å². The quantitative estimate of drug-likeness (QED) is 0.374. The minimum absolute atomic E-state index is 0.0858. The van der Waals surface area contributed by atoms with Crippen LogP contribution in [0, 0.1) is 0 Å². The molecule has 1 saturated heterocycles. The summed E-state index contributed by atoms with van der Waals surface area (Å²) < 4.78 is 84.6. The minimum atomic E-state index is -4.80. The number of carbonyl (C=O) groups excluding carboxylic acids is 2. The number of benzene rings is 2. The Balaban J connectivity index is 1.60. The summed E-state index contributed by atoms with van der Waals surface area (Å²) in [6.45, 7) is 1.72. The van der Waals surface area contributed by atoms with Crippen molar-refractivity contribution in [2.75, 3.05) is 44.7 Å². The summed E-state index contributed by atoms with van der Waals surface area (Å²) >= 11 is 0. The molecule has 202 valence electrons. The molecule has 2 N–H and O–H groups in total. The van der Waals surface area contributed by atoms with Crippen LogP contribution in [0.3, 0.4) is 0 Å². The lowest BCUT2D eigenvalue weighted by Gasteiger charge is -2.28. The van der Waals surface area contributed by atoms with E-state index in [1.807, 2.05) is 0 Å². The van der Waals surface area contributed by atoms with Gasteiger partial charge in [-0.25, -0.2) is 0 Å². The van der Waals surface area contributed by atoms with Gasteiger partial charge in [-0.1, -0.05) is 12.1 Å². The van der Waals surface area contributed by atoms with Crippen LogP contribution in [0.15, 0.2) is 48.5 Å². The molecule has 1 fully saturated rings. The molecule has 0 spiro atoms. The molecule has 3 rings (SSSR count). The summed E-state index contributed by atoms with van der Waals surface area (Å²) in [5, 5.41) is 5.57. The zero-order valence-electron chi connectivity index (χ0n) is 19.5. The molecule has 0 radical (unpaired) electrons. The number of anilines is 1. The lowest BCUT2D eigenvalue weighted by molar-refractivity contribution is -0.274. The summed E-state index contributed by atoms with van der Waals surface area (Å²) in [4.78, 5) is 27.3. The van der Waals surface area contributed by atoms with Crippen LogP contribution in [0.1, 0.15) is 23.5 Å². The number of hydrogen-bond donors (Lipinski definition) is 2. The molecule has 37 heavy (non-hydrogen) atoms. The van der Waals surface area contributed by atoms with Gasteiger partial charge in [0.25, 0.3) is 0 Å². The fraction of sp³-hybridized carbons (Fsp3) is 0.417. The predicted octanol–water partition coefficient (Wildman–Crippen LogP) is 4.16. The van der Waals surface area contributed by atoms with Crippen molar-refractivity contribution < 1.29 is 45.4 Å². The van der Waals surface area contributed by atoms with Gasteiger partial charge in [0.2, 0.25) is 11.8 Å². The van der Waals surface area contributed by atoms with Crippen molar-refractivity contribution in [3.05, 3.63) is 59.7 Å². The molecule has 1 atom stereocenters. The highest BCUT2D eigenvalue weighted by atomic mass is 19.4. The first-order valence-corrected chi connectivity index (χ1v) is 11.3. The van der Waals surface area contributed by atoms with Crippen LogP contribution in [-0.2, 0) is 20.5 Å². The van der Waals surface area contributed by atoms with Gasteiger partial charge in [0.05, 0.1) is 24.7 Å². The fourth-order valence-corrected chi connectivity index (χ4v) is 3.67. The number of ether oxygens (including phenoxy) is 2. The molecule has 0 saturated carbocycles. The first kappa shape index (κ1) is 28.1. The molecule has 13 heteroatoms. The maximum absolute atomic E-state index is 13.0. The Labute approximate surface area is 208 Å². The van der Waals surface area contributed by atoms with Gasteiger partial charge in [-0.05, 0) is 42.0 Å². The first-order valence-electron chi connectivity index (χ1n) is 11.3. The summed E-state index contributed by atoms with van der Waals surface area (Å²) in [5.74, 6) is -2.26. The lowest BCUT2D eigenvalue weighted by atomic mass is 9.93. The average Bonchev–Trinajstić information content (AvgIpc) is 2.85. The molecule has 2 aromatic carbocycles. The van der Waals surface area contributed by atoms with Crippen molar-refractivity contribution in [3.8, 4) is 5.75 Å². The SMILES string of the molecule is O=C(NCCNc1ccc(OC(F)(F)F)cc1)[C@@H](CC(=O)N1CCOCC1)c1ccc(C(F)(F)F)cc1. The second-order valence-electron chi connectivity index (χ2n) is 8.16. The Kier molecular flexibility index (Phi) is 9.24. The van der Waals surface area contributed by atoms with Crippen molar-refractivity contribution in [1.29, 1.82) is 0 Å². The molecule has 0 bridgehead atoms. The molecule has 0 aromatic heterocycles. The number of carbonyl (C=O) groups is 2. The van der Waals surface area contributed by atoms with Gasteiger partial charge in [0, 0.05) is 38.3 Å². The van der Waals surface area contributed by atoms with Gasteiger partial charge >= 0.3 is 12.5 Å². The molecule has 7 nitrogen and oxygen atoms in total. The van der Waals surface area contributed by atoms with Crippen LogP contribution < -0.4 is 15.4 Å². The van der Waals surface area contributed by atoms with E-state index in [9.17, 15) is 35.9 Å². The van der Waals surface area contributed by atoms with Crippen LogP contribution in [0.25, 0.3) is 0 Å². The lowest BCUT2D eigenvalue weighted by Crippen LogP contribution is -2.42. The highest BCUT2D eigenvalue weighted by Crippen LogP contribution is 2.31. The van der Waals surface area contributed by atoms with E-state index in [1.54, 1.807) is 4.90 Å². The second-order valence-corrected chi connectivity index (χ2v) is 8.16. The summed E-state index contributed by atoms with van der Waals surface area (Å²) in [6.07, 6.45) is -9.57. The Hall–Kier alpha value is -3.48. The van der Waals surface area contributed by atoms with Crippen molar-refractivity contribution in [3.63, 3.8) is 0 Å². The van der Waals surface area contributed by atoms with Gasteiger partial charge in [0.15, 0.2) is 0 Å². The molecule has 2 aromatic rings. The van der Waals surface area contributed by atoms with E-state index in [1.165, 1.54) is 24.3 Å². The Bertz CT molecular complexity index is 1040. The number of nitrogens with zero attached hydrogens (tertiary/aromatic N) is 1. The molecule has 0 aliphatic carbocycles. The van der Waals surface area contributed by atoms with Crippen LogP contribution in [-0.4, -0.2) is 62.5 Å². The van der Waals surface area contributed by atoms with Crippen molar-refractivity contribution in [2.24, 2.45) is 0 Å². The van der Waals surface area contributed by atoms with E-state index in [0.29, 0.717) is 32.0 Å². The van der Waals surface area contributed by atoms with E-state index >= 15 is 0 Å². The highest BCUT2D eigenvalue weighted by molar-refractivity contribution is 5.89. The van der Waals surface area contributed by atoms with Crippen molar-refractivity contribution >= 4 is 17.5 Å². The largest absolute Gasteiger partial charge is 0.573 e. The third kappa shape index (κ3) is 8.85. The van der Waals surface area contributed by atoms with E-state index in [2.05, 4.69) is 15.4 Å². The third-order valence-corrected chi connectivity index (χ3v) is 5.54. The van der Waals surface area contributed by atoms with Gasteiger partial charge < -0.3 is 25.0 Å². The van der Waals surface area contributed by atoms with Crippen molar-refractivity contribution in [1.82, 2.24) is 10.2 Å². The van der Waals surface area contributed by atoms with Crippen LogP contribution in [0.5, 0.6) is 5.75 Å². The van der Waals surface area contributed by atoms with E-state index in [0.717, 1.165) is 24.3 Å². The number of alkyl halides is 6. The fourth-order valence-electron chi connectivity index (χ4n) is 3.67. The zero-order chi connectivity index (χ0) is 27.1. The smallest absolute Gasteiger partial charge is 0.406 e. The Morgan fingerprint density at radius 1 is 0.919 bits per heavy atom. The van der Waals surface area contributed by atoms with Gasteiger partial charge in [-0.15, -0.1) is 13.2 Å². The maximum atomic E-state index is 13.0. The minimum Gasteiger partial charge on any atom is -0.406 e. The maximum Gasteiger partial charge on any atom is 0.573 e. The van der Waals surface area contributed by atoms with Crippen LogP contribution in [0.4, 0.5) is 32.0 Å². The molecule has 2 amide bonds. The highest BCUT2D eigenvalue weighted by Gasteiger charge is 2.32. The number of hydrogen-bond acceptors (Lipinski definition) is 5. The Morgan fingerprint density at radius 3 is 2.11 bits per heavy atom. The van der Waals surface area contributed by atoms with Gasteiger partial charge in [-0.2, -0.15) is 13.2 Å². The molecule has 1 heterocycles. The Morgan fingerprint density at radius 2 is 1.54 bits per heavy atom. The summed E-state index contributed by atoms with van der Waals surface area (Å²) in [5.41, 5.74) is -0.128. The monoisotopic (exact) mass is 533 g/mol.